The number of ether oxygens (including phenoxy) is 5. The summed E-state index contributed by atoms with van der Waals surface area (Å²) in [6, 6.07) is 39.9. The van der Waals surface area contributed by atoms with Crippen LogP contribution >= 0.6 is 0 Å². The summed E-state index contributed by atoms with van der Waals surface area (Å²) in [5.41, 5.74) is 4.03. The number of amides is 2. The van der Waals surface area contributed by atoms with Crippen LogP contribution in [0.25, 0.3) is 0 Å². The molecule has 2 amide bonds. The van der Waals surface area contributed by atoms with Gasteiger partial charge in [-0.3, -0.25) is 9.59 Å². The summed E-state index contributed by atoms with van der Waals surface area (Å²) < 4.78 is 34.1. The molecule has 2 N–H and O–H groups in total. The molecule has 1 aliphatic heterocycles. The van der Waals surface area contributed by atoms with Crippen LogP contribution < -0.4 is 10.6 Å². The standard InChI is InChI=1S/C67H100N2O7/c1-5-6-7-8-9-10-11-12-14-17-20-35-46-62(73-50-58-40-29-24-30-41-58)65(74-51-59-42-31-25-32-43-59)61(52-75-67-56(4)54(2)55(3)63(76-67)53-72-49-57-38-27-23-28-39-57)69-64(70)47-36-21-18-15-13-16-19-22-37-48-68-66(71)60-44-33-26-34-45-60/h23-34,38-45,54-56,61-63,65,67H,5-22,35-37,46-53H2,1-4H3,(H,68,71)(H,69,70)/t54-,55+,56?,61-,62+,63?,65-,67-/m0/s1. The lowest BCUT2D eigenvalue weighted by molar-refractivity contribution is -0.262. The molecule has 0 radical (unpaired) electrons. The Morgan fingerprint density at radius 3 is 1.55 bits per heavy atom. The van der Waals surface area contributed by atoms with E-state index in [1.165, 1.54) is 83.5 Å². The molecule has 5 rings (SSSR count). The Labute approximate surface area is 460 Å². The molecule has 0 saturated carbocycles. The normalized spacial score (nSPS) is 18.7. The van der Waals surface area contributed by atoms with Crippen LogP contribution in [0.15, 0.2) is 121 Å². The molecule has 420 valence electrons. The van der Waals surface area contributed by atoms with Crippen LogP contribution in [0.1, 0.15) is 202 Å². The lowest BCUT2D eigenvalue weighted by atomic mass is 9.79. The fraction of sp³-hybridized carbons (Fsp3) is 0.612. The molecule has 9 nitrogen and oxygen atoms in total. The van der Waals surface area contributed by atoms with Gasteiger partial charge in [-0.25, -0.2) is 0 Å². The molecule has 1 saturated heterocycles. The Morgan fingerprint density at radius 1 is 0.526 bits per heavy atom. The molecule has 1 aliphatic rings. The SMILES string of the molecule is CCCCCCCCCCCCCC[C@@H](OCc1ccccc1)[C@@H](OCc1ccccc1)[C@H](CO[C@H]1OC(COCc2ccccc2)[C@H](C)[C@H](C)C1C)NC(=O)CCCCCCCCCCCNC(=O)c1ccccc1. The summed E-state index contributed by atoms with van der Waals surface area (Å²) >= 11 is 0. The summed E-state index contributed by atoms with van der Waals surface area (Å²) in [5, 5.41) is 6.53. The van der Waals surface area contributed by atoms with E-state index in [1.54, 1.807) is 0 Å². The van der Waals surface area contributed by atoms with Gasteiger partial charge in [-0.1, -0.05) is 259 Å². The maximum Gasteiger partial charge on any atom is 0.251 e. The van der Waals surface area contributed by atoms with Crippen molar-refractivity contribution < 1.29 is 33.3 Å². The second kappa shape index (κ2) is 39.1. The van der Waals surface area contributed by atoms with E-state index in [0.29, 0.717) is 50.9 Å². The van der Waals surface area contributed by atoms with Crippen LogP contribution in [0, 0.1) is 17.8 Å². The van der Waals surface area contributed by atoms with Gasteiger partial charge in [-0.2, -0.15) is 0 Å². The van der Waals surface area contributed by atoms with Gasteiger partial charge in [-0.15, -0.1) is 0 Å². The number of carbonyl (C=O) groups is 2. The van der Waals surface area contributed by atoms with E-state index in [2.05, 4.69) is 86.9 Å². The molecular weight excluding hydrogens is 945 g/mol. The fourth-order valence-corrected chi connectivity index (χ4v) is 10.5. The molecule has 9 heteroatoms. The third-order valence-corrected chi connectivity index (χ3v) is 15.8. The van der Waals surface area contributed by atoms with Crippen molar-refractivity contribution in [1.29, 1.82) is 0 Å². The summed E-state index contributed by atoms with van der Waals surface area (Å²) in [7, 11) is 0. The zero-order valence-electron chi connectivity index (χ0n) is 47.5. The van der Waals surface area contributed by atoms with Gasteiger partial charge < -0.3 is 34.3 Å². The van der Waals surface area contributed by atoms with Gasteiger partial charge in [0.05, 0.1) is 51.3 Å². The van der Waals surface area contributed by atoms with E-state index >= 15 is 0 Å². The lowest BCUT2D eigenvalue weighted by Gasteiger charge is -2.44. The Hall–Kier alpha value is -4.38. The number of hydrogen-bond acceptors (Lipinski definition) is 7. The van der Waals surface area contributed by atoms with Gasteiger partial charge in [0, 0.05) is 24.4 Å². The topological polar surface area (TPSA) is 104 Å². The second-order valence-corrected chi connectivity index (χ2v) is 22.0. The number of unbranched alkanes of at least 4 members (excludes halogenated alkanes) is 19. The maximum absolute atomic E-state index is 14.3. The lowest BCUT2D eigenvalue weighted by Crippen LogP contribution is -2.54. The van der Waals surface area contributed by atoms with E-state index in [4.69, 9.17) is 23.7 Å². The largest absolute Gasteiger partial charge is 0.374 e. The van der Waals surface area contributed by atoms with Crippen LogP contribution in [0.4, 0.5) is 0 Å². The summed E-state index contributed by atoms with van der Waals surface area (Å²) in [4.78, 5) is 26.6. The Balaban J connectivity index is 1.22. The first kappa shape index (κ1) is 62.5. The number of carbonyl (C=O) groups excluding carboxylic acids is 2. The van der Waals surface area contributed by atoms with Gasteiger partial charge in [0.15, 0.2) is 6.29 Å². The van der Waals surface area contributed by atoms with Gasteiger partial charge in [0.1, 0.15) is 6.10 Å². The highest BCUT2D eigenvalue weighted by atomic mass is 16.7. The molecule has 4 aromatic rings. The average molecular weight is 1050 g/mol. The zero-order chi connectivity index (χ0) is 53.7. The van der Waals surface area contributed by atoms with Crippen molar-refractivity contribution >= 4 is 11.8 Å². The third kappa shape index (κ3) is 25.4. The van der Waals surface area contributed by atoms with E-state index in [9.17, 15) is 9.59 Å². The first-order chi connectivity index (χ1) is 37.3. The molecule has 4 aromatic carbocycles. The van der Waals surface area contributed by atoms with Crippen molar-refractivity contribution in [1.82, 2.24) is 10.6 Å². The van der Waals surface area contributed by atoms with Crippen LogP contribution in [-0.4, -0.2) is 62.2 Å². The number of rotatable bonds is 42. The van der Waals surface area contributed by atoms with Crippen molar-refractivity contribution in [2.24, 2.45) is 17.8 Å². The van der Waals surface area contributed by atoms with Gasteiger partial charge >= 0.3 is 0 Å². The zero-order valence-corrected chi connectivity index (χ0v) is 47.5. The molecule has 0 bridgehead atoms. The van der Waals surface area contributed by atoms with E-state index < -0.39 is 18.4 Å². The van der Waals surface area contributed by atoms with Crippen LogP contribution in [0.3, 0.4) is 0 Å². The van der Waals surface area contributed by atoms with Crippen molar-refractivity contribution in [3.05, 3.63) is 144 Å². The average Bonchev–Trinajstić information content (AvgIpc) is 3.45. The summed E-state index contributed by atoms with van der Waals surface area (Å²) in [6.45, 7) is 11.8. The Kier molecular flexibility index (Phi) is 32.1. The van der Waals surface area contributed by atoms with Gasteiger partial charge in [-0.05, 0) is 59.9 Å². The molecule has 2 unspecified atom stereocenters. The van der Waals surface area contributed by atoms with Crippen LogP contribution in [0.5, 0.6) is 0 Å². The third-order valence-electron chi connectivity index (χ3n) is 15.8. The molecule has 0 aromatic heterocycles. The Morgan fingerprint density at radius 2 is 1.00 bits per heavy atom. The minimum atomic E-state index is -0.487. The monoisotopic (exact) mass is 1040 g/mol. The number of benzene rings is 4. The fourth-order valence-electron chi connectivity index (χ4n) is 10.5. The van der Waals surface area contributed by atoms with Crippen molar-refractivity contribution in [2.45, 2.75) is 226 Å². The van der Waals surface area contributed by atoms with E-state index in [0.717, 1.165) is 74.5 Å². The first-order valence-electron chi connectivity index (χ1n) is 30.1. The minimum Gasteiger partial charge on any atom is -0.374 e. The molecule has 0 aliphatic carbocycles. The predicted octanol–water partition coefficient (Wildman–Crippen LogP) is 15.9. The molecule has 76 heavy (non-hydrogen) atoms. The van der Waals surface area contributed by atoms with Gasteiger partial charge in [0.2, 0.25) is 5.91 Å². The molecule has 1 fully saturated rings. The maximum atomic E-state index is 14.3. The van der Waals surface area contributed by atoms with E-state index in [1.807, 2.05) is 72.8 Å². The highest BCUT2D eigenvalue weighted by Gasteiger charge is 2.41. The predicted molar refractivity (Wildman–Crippen MR) is 311 cm³/mol. The quantitative estimate of drug-likeness (QED) is 0.0426. The first-order valence-corrected chi connectivity index (χ1v) is 30.1. The van der Waals surface area contributed by atoms with E-state index in [-0.39, 0.29) is 42.5 Å². The van der Waals surface area contributed by atoms with Gasteiger partial charge in [0.25, 0.3) is 5.91 Å². The molecule has 0 spiro atoms. The van der Waals surface area contributed by atoms with Crippen molar-refractivity contribution in [2.75, 3.05) is 19.8 Å². The van der Waals surface area contributed by atoms with Crippen LogP contribution in [0.2, 0.25) is 0 Å². The minimum absolute atomic E-state index is 0.000659. The smallest absolute Gasteiger partial charge is 0.251 e. The second-order valence-electron chi connectivity index (χ2n) is 22.0. The summed E-state index contributed by atoms with van der Waals surface area (Å²) in [5.74, 6) is 0.744. The number of nitrogens with one attached hydrogen (secondary N) is 2. The van der Waals surface area contributed by atoms with Crippen molar-refractivity contribution in [3.8, 4) is 0 Å². The van der Waals surface area contributed by atoms with Crippen molar-refractivity contribution in [3.63, 3.8) is 0 Å². The molecule has 8 atom stereocenters. The highest BCUT2D eigenvalue weighted by molar-refractivity contribution is 5.94. The Bertz CT molecular complexity index is 2040. The number of hydrogen-bond donors (Lipinski definition) is 2. The molecule has 1 heterocycles. The molecular formula is C67H100N2O7. The highest BCUT2D eigenvalue weighted by Crippen LogP contribution is 2.36. The summed E-state index contributed by atoms with van der Waals surface area (Å²) in [6.07, 6.45) is 25.0. The van der Waals surface area contributed by atoms with Crippen LogP contribution in [-0.2, 0) is 48.3 Å².